The molecular weight excluding hydrogens is 270 g/mol. The summed E-state index contributed by atoms with van der Waals surface area (Å²) in [4.78, 5) is 8.96. The second kappa shape index (κ2) is 7.26. The first kappa shape index (κ1) is 15.6. The zero-order chi connectivity index (χ0) is 14.5. The maximum atomic E-state index is 6.20. The van der Waals surface area contributed by atoms with E-state index in [0.717, 1.165) is 48.4 Å². The van der Waals surface area contributed by atoms with Gasteiger partial charge in [-0.3, -0.25) is 0 Å². The minimum Gasteiger partial charge on any atom is -0.369 e. The van der Waals surface area contributed by atoms with E-state index >= 15 is 0 Å². The third-order valence-corrected chi connectivity index (χ3v) is 4.67. The topological polar surface area (TPSA) is 37.8 Å². The van der Waals surface area contributed by atoms with E-state index < -0.39 is 0 Å². The lowest BCUT2D eigenvalue weighted by molar-refractivity contribution is 0.300. The maximum Gasteiger partial charge on any atom is 0.137 e. The predicted molar refractivity (Wildman–Crippen MR) is 85.4 cm³/mol. The predicted octanol–water partition coefficient (Wildman–Crippen LogP) is 4.63. The Morgan fingerprint density at radius 3 is 2.55 bits per heavy atom. The Kier molecular flexibility index (Phi) is 5.64. The Morgan fingerprint density at radius 2 is 1.90 bits per heavy atom. The Morgan fingerprint density at radius 1 is 1.20 bits per heavy atom. The summed E-state index contributed by atoms with van der Waals surface area (Å²) >= 11 is 6.20. The highest BCUT2D eigenvalue weighted by molar-refractivity contribution is 6.30. The van der Waals surface area contributed by atoms with Gasteiger partial charge in [0.15, 0.2) is 0 Å². The number of nitrogens with one attached hydrogen (secondary N) is 1. The molecule has 1 heterocycles. The summed E-state index contributed by atoms with van der Waals surface area (Å²) in [5.41, 5.74) is 0.968. The lowest BCUT2D eigenvalue weighted by Gasteiger charge is -2.26. The summed E-state index contributed by atoms with van der Waals surface area (Å²) in [6, 6.07) is 0. The summed E-state index contributed by atoms with van der Waals surface area (Å²) in [5, 5.41) is 4.09. The van der Waals surface area contributed by atoms with E-state index in [1.54, 1.807) is 0 Å². The van der Waals surface area contributed by atoms with Crippen LogP contribution in [0.4, 0.5) is 5.82 Å². The van der Waals surface area contributed by atoms with Crippen molar-refractivity contribution in [3.05, 3.63) is 16.5 Å². The summed E-state index contributed by atoms with van der Waals surface area (Å²) in [5.74, 6) is 3.45. The van der Waals surface area contributed by atoms with Crippen molar-refractivity contribution in [2.24, 2.45) is 11.8 Å². The van der Waals surface area contributed by atoms with E-state index in [0.29, 0.717) is 5.15 Å². The van der Waals surface area contributed by atoms with Crippen LogP contribution in [0.2, 0.25) is 5.15 Å². The third kappa shape index (κ3) is 4.08. The molecule has 2 rings (SSSR count). The van der Waals surface area contributed by atoms with Gasteiger partial charge in [-0.1, -0.05) is 38.3 Å². The molecule has 1 aliphatic carbocycles. The molecule has 1 saturated carbocycles. The molecule has 3 nitrogen and oxygen atoms in total. The molecule has 0 saturated heterocycles. The Hall–Kier alpha value is -0.830. The molecule has 1 fully saturated rings. The summed E-state index contributed by atoms with van der Waals surface area (Å²) < 4.78 is 0. The molecule has 0 unspecified atom stereocenters. The molecule has 112 valence electrons. The van der Waals surface area contributed by atoms with Gasteiger partial charge in [-0.05, 0) is 38.0 Å². The van der Waals surface area contributed by atoms with Gasteiger partial charge < -0.3 is 5.32 Å². The Labute approximate surface area is 127 Å². The molecule has 0 atom stereocenters. The monoisotopic (exact) mass is 295 g/mol. The van der Waals surface area contributed by atoms with E-state index in [9.17, 15) is 0 Å². The van der Waals surface area contributed by atoms with E-state index in [1.807, 2.05) is 6.92 Å². The van der Waals surface area contributed by atoms with E-state index in [4.69, 9.17) is 11.6 Å². The van der Waals surface area contributed by atoms with Crippen molar-refractivity contribution in [2.45, 2.75) is 59.3 Å². The number of aromatic nitrogens is 2. The summed E-state index contributed by atoms with van der Waals surface area (Å²) in [6.07, 6.45) is 7.30. The van der Waals surface area contributed by atoms with Crippen LogP contribution >= 0.6 is 11.6 Å². The average Bonchev–Trinajstić information content (AvgIpc) is 2.43. The van der Waals surface area contributed by atoms with Crippen LogP contribution in [-0.4, -0.2) is 16.5 Å². The fourth-order valence-corrected chi connectivity index (χ4v) is 3.00. The first-order chi connectivity index (χ1) is 9.60. The molecule has 0 aliphatic heterocycles. The van der Waals surface area contributed by atoms with Gasteiger partial charge in [0.1, 0.15) is 16.8 Å². The number of rotatable bonds is 5. The number of nitrogens with zero attached hydrogens (tertiary/aromatic N) is 2. The molecule has 0 aromatic carbocycles. The van der Waals surface area contributed by atoms with E-state index in [2.05, 4.69) is 29.1 Å². The minimum absolute atomic E-state index is 0.586. The van der Waals surface area contributed by atoms with Crippen molar-refractivity contribution in [1.29, 1.82) is 0 Å². The fraction of sp³-hybridized carbons (Fsp3) is 0.750. The van der Waals surface area contributed by atoms with Crippen LogP contribution in [0.1, 0.15) is 57.3 Å². The number of aryl methyl sites for hydroxylation is 1. The van der Waals surface area contributed by atoms with Crippen molar-refractivity contribution >= 4 is 17.4 Å². The molecule has 0 radical (unpaired) electrons. The van der Waals surface area contributed by atoms with Gasteiger partial charge in [0.05, 0.1) is 0 Å². The van der Waals surface area contributed by atoms with Crippen LogP contribution in [0.25, 0.3) is 0 Å². The smallest absolute Gasteiger partial charge is 0.137 e. The van der Waals surface area contributed by atoms with Crippen LogP contribution < -0.4 is 5.32 Å². The zero-order valence-corrected chi connectivity index (χ0v) is 13.6. The van der Waals surface area contributed by atoms with Crippen LogP contribution in [0.3, 0.4) is 0 Å². The van der Waals surface area contributed by atoms with Crippen molar-refractivity contribution < 1.29 is 0 Å². The molecule has 1 aliphatic rings. The van der Waals surface area contributed by atoms with Gasteiger partial charge in [0, 0.05) is 18.5 Å². The molecule has 1 aromatic rings. The van der Waals surface area contributed by atoms with Crippen LogP contribution in [0, 0.1) is 18.8 Å². The van der Waals surface area contributed by atoms with Crippen molar-refractivity contribution in [3.8, 4) is 0 Å². The zero-order valence-electron chi connectivity index (χ0n) is 12.9. The van der Waals surface area contributed by atoms with Crippen molar-refractivity contribution in [1.82, 2.24) is 9.97 Å². The van der Waals surface area contributed by atoms with E-state index in [1.165, 1.54) is 25.7 Å². The van der Waals surface area contributed by atoms with Gasteiger partial charge in [-0.25, -0.2) is 9.97 Å². The highest BCUT2D eigenvalue weighted by atomic mass is 35.5. The van der Waals surface area contributed by atoms with Crippen molar-refractivity contribution in [2.75, 3.05) is 11.9 Å². The number of anilines is 1. The number of hydrogen-bond donors (Lipinski definition) is 1. The van der Waals surface area contributed by atoms with Crippen LogP contribution in [-0.2, 0) is 6.42 Å². The Bertz CT molecular complexity index is 440. The van der Waals surface area contributed by atoms with Gasteiger partial charge in [-0.15, -0.1) is 0 Å². The molecule has 0 spiro atoms. The normalized spacial score (nSPS) is 22.8. The Balaban J connectivity index is 1.97. The van der Waals surface area contributed by atoms with Gasteiger partial charge >= 0.3 is 0 Å². The lowest BCUT2D eigenvalue weighted by atomic mass is 9.83. The van der Waals surface area contributed by atoms with Gasteiger partial charge in [0.2, 0.25) is 0 Å². The first-order valence-corrected chi connectivity index (χ1v) is 8.24. The average molecular weight is 296 g/mol. The van der Waals surface area contributed by atoms with Crippen LogP contribution in [0.15, 0.2) is 0 Å². The second-order valence-electron chi connectivity index (χ2n) is 6.16. The van der Waals surface area contributed by atoms with Crippen molar-refractivity contribution in [3.63, 3.8) is 0 Å². The largest absolute Gasteiger partial charge is 0.369 e. The number of hydrogen-bond acceptors (Lipinski definition) is 3. The van der Waals surface area contributed by atoms with Gasteiger partial charge in [-0.2, -0.15) is 0 Å². The maximum absolute atomic E-state index is 6.20. The van der Waals surface area contributed by atoms with Crippen LogP contribution in [0.5, 0.6) is 0 Å². The SMILES string of the molecule is CCCc1nc(Cl)c(C)c(NCC2CCC(C)CC2)n1. The fourth-order valence-electron chi connectivity index (χ4n) is 2.81. The molecular formula is C16H26ClN3. The second-order valence-corrected chi connectivity index (χ2v) is 6.52. The highest BCUT2D eigenvalue weighted by Crippen LogP contribution is 2.29. The minimum atomic E-state index is 0.586. The molecule has 0 amide bonds. The quantitative estimate of drug-likeness (QED) is 0.805. The molecule has 4 heteroatoms. The van der Waals surface area contributed by atoms with Gasteiger partial charge in [0.25, 0.3) is 0 Å². The molecule has 1 N–H and O–H groups in total. The standard InChI is InChI=1S/C16H26ClN3/c1-4-5-14-19-15(17)12(3)16(20-14)18-10-13-8-6-11(2)7-9-13/h11,13H,4-10H2,1-3H3,(H,18,19,20). The molecule has 1 aromatic heterocycles. The summed E-state index contributed by atoms with van der Waals surface area (Å²) in [7, 11) is 0. The molecule has 0 bridgehead atoms. The molecule has 20 heavy (non-hydrogen) atoms. The summed E-state index contributed by atoms with van der Waals surface area (Å²) in [6.45, 7) is 7.48. The van der Waals surface area contributed by atoms with E-state index in [-0.39, 0.29) is 0 Å². The third-order valence-electron chi connectivity index (χ3n) is 4.30. The highest BCUT2D eigenvalue weighted by Gasteiger charge is 2.18. The first-order valence-electron chi connectivity index (χ1n) is 7.87. The lowest BCUT2D eigenvalue weighted by Crippen LogP contribution is -2.21. The number of halogens is 1.